The van der Waals surface area contributed by atoms with E-state index in [4.69, 9.17) is 0 Å². The molecule has 3 rings (SSSR count). The maximum atomic E-state index is 10.1. The highest BCUT2D eigenvalue weighted by atomic mass is 14.6. The van der Waals surface area contributed by atoms with E-state index in [9.17, 15) is 5.26 Å². The van der Waals surface area contributed by atoms with Gasteiger partial charge >= 0.3 is 0 Å². The van der Waals surface area contributed by atoms with E-state index in [2.05, 4.69) is 6.07 Å². The monoisotopic (exact) mass is 245 g/mol. The van der Waals surface area contributed by atoms with Gasteiger partial charge in [-0.05, 0) is 56.3 Å². The normalized spacial score (nSPS) is 27.9. The molecule has 0 aliphatic heterocycles. The average molecular weight is 245 g/mol. The molecule has 3 aliphatic rings. The molecule has 0 spiro atoms. The summed E-state index contributed by atoms with van der Waals surface area (Å²) < 4.78 is 0. The van der Waals surface area contributed by atoms with Crippen molar-refractivity contribution in [1.29, 1.82) is 5.26 Å². The van der Waals surface area contributed by atoms with Crippen molar-refractivity contribution in [3.63, 3.8) is 0 Å². The first kappa shape index (κ1) is 12.5. The van der Waals surface area contributed by atoms with Crippen LogP contribution in [0.3, 0.4) is 0 Å². The highest BCUT2D eigenvalue weighted by Gasteiger charge is 2.52. The molecule has 3 aliphatic carbocycles. The molecule has 0 radical (unpaired) electrons. The van der Waals surface area contributed by atoms with Crippen LogP contribution in [0.25, 0.3) is 0 Å². The quantitative estimate of drug-likeness (QED) is 0.681. The van der Waals surface area contributed by atoms with Gasteiger partial charge in [0.05, 0.1) is 11.5 Å². The van der Waals surface area contributed by atoms with Crippen LogP contribution in [0, 0.1) is 34.5 Å². The lowest BCUT2D eigenvalue weighted by atomic mass is 9.58. The molecular formula is C17H27N. The second-order valence-electron chi connectivity index (χ2n) is 6.99. The van der Waals surface area contributed by atoms with Crippen LogP contribution in [0.5, 0.6) is 0 Å². The van der Waals surface area contributed by atoms with Gasteiger partial charge in [-0.2, -0.15) is 5.26 Å². The Morgan fingerprint density at radius 3 is 1.11 bits per heavy atom. The molecule has 0 aromatic rings. The molecule has 0 atom stereocenters. The molecule has 0 saturated heterocycles. The Balaban J connectivity index is 1.90. The van der Waals surface area contributed by atoms with Gasteiger partial charge in [0, 0.05) is 0 Å². The third-order valence-electron chi connectivity index (χ3n) is 6.29. The second kappa shape index (κ2) is 5.24. The Hall–Kier alpha value is -0.510. The third kappa shape index (κ3) is 1.89. The Morgan fingerprint density at radius 1 is 0.611 bits per heavy atom. The first-order valence-electron chi connectivity index (χ1n) is 8.29. The summed E-state index contributed by atoms with van der Waals surface area (Å²) in [7, 11) is 0. The summed E-state index contributed by atoms with van der Waals surface area (Å²) in [5.74, 6) is 2.23. The summed E-state index contributed by atoms with van der Waals surface area (Å²) in [6, 6.07) is 2.94. The molecule has 0 bridgehead atoms. The van der Waals surface area contributed by atoms with Crippen LogP contribution in [0.4, 0.5) is 0 Å². The molecule has 3 saturated carbocycles. The zero-order valence-electron chi connectivity index (χ0n) is 11.7. The van der Waals surface area contributed by atoms with Crippen LogP contribution in [0.1, 0.15) is 77.0 Å². The van der Waals surface area contributed by atoms with E-state index in [0.717, 1.165) is 17.8 Å². The number of nitrogens with zero attached hydrogens (tertiary/aromatic N) is 1. The summed E-state index contributed by atoms with van der Waals surface area (Å²) in [5.41, 5.74) is 0.0868. The van der Waals surface area contributed by atoms with Crippen molar-refractivity contribution in [2.45, 2.75) is 77.0 Å². The summed E-state index contributed by atoms with van der Waals surface area (Å²) in [4.78, 5) is 0. The van der Waals surface area contributed by atoms with E-state index in [1.54, 1.807) is 0 Å². The lowest BCUT2D eigenvalue weighted by Gasteiger charge is -2.43. The molecule has 18 heavy (non-hydrogen) atoms. The minimum Gasteiger partial charge on any atom is -0.198 e. The van der Waals surface area contributed by atoms with Crippen molar-refractivity contribution in [3.05, 3.63) is 0 Å². The minimum absolute atomic E-state index is 0.0868. The van der Waals surface area contributed by atoms with Crippen molar-refractivity contribution in [2.75, 3.05) is 0 Å². The molecule has 3 fully saturated rings. The Morgan fingerprint density at radius 2 is 0.889 bits per heavy atom. The molecule has 0 heterocycles. The predicted octanol–water partition coefficient (Wildman–Crippen LogP) is 5.07. The molecule has 0 amide bonds. The Bertz CT molecular complexity index is 268. The summed E-state index contributed by atoms with van der Waals surface area (Å²) in [6.45, 7) is 0. The fourth-order valence-electron chi connectivity index (χ4n) is 5.48. The fourth-order valence-corrected chi connectivity index (χ4v) is 5.48. The van der Waals surface area contributed by atoms with Gasteiger partial charge in [-0.25, -0.2) is 0 Å². The van der Waals surface area contributed by atoms with Crippen molar-refractivity contribution < 1.29 is 0 Å². The zero-order valence-corrected chi connectivity index (χ0v) is 11.7. The highest BCUT2D eigenvalue weighted by molar-refractivity contribution is 5.12. The largest absolute Gasteiger partial charge is 0.198 e. The van der Waals surface area contributed by atoms with E-state index >= 15 is 0 Å². The predicted molar refractivity (Wildman–Crippen MR) is 73.9 cm³/mol. The van der Waals surface area contributed by atoms with Gasteiger partial charge in [0.25, 0.3) is 0 Å². The molecule has 1 nitrogen and oxygen atoms in total. The third-order valence-corrected chi connectivity index (χ3v) is 6.29. The maximum Gasteiger partial charge on any atom is 0.0698 e. The van der Waals surface area contributed by atoms with E-state index in [-0.39, 0.29) is 5.41 Å². The molecular weight excluding hydrogens is 218 g/mol. The van der Waals surface area contributed by atoms with E-state index < -0.39 is 0 Å². The van der Waals surface area contributed by atoms with Gasteiger partial charge in [-0.1, -0.05) is 38.5 Å². The molecule has 0 unspecified atom stereocenters. The number of hydrogen-bond acceptors (Lipinski definition) is 1. The topological polar surface area (TPSA) is 23.8 Å². The van der Waals surface area contributed by atoms with Crippen LogP contribution in [-0.2, 0) is 0 Å². The molecule has 0 aromatic heterocycles. The second-order valence-corrected chi connectivity index (χ2v) is 6.99. The SMILES string of the molecule is N#CC(C1CCCC1)(C1CCCC1)C1CCCC1. The summed E-state index contributed by atoms with van der Waals surface area (Å²) >= 11 is 0. The van der Waals surface area contributed by atoms with Crippen LogP contribution < -0.4 is 0 Å². The zero-order chi connectivity index (χ0) is 12.4. The number of hydrogen-bond donors (Lipinski definition) is 0. The molecule has 1 heteroatoms. The van der Waals surface area contributed by atoms with Gasteiger partial charge in [-0.3, -0.25) is 0 Å². The van der Waals surface area contributed by atoms with Crippen molar-refractivity contribution in [1.82, 2.24) is 0 Å². The van der Waals surface area contributed by atoms with Crippen LogP contribution >= 0.6 is 0 Å². The standard InChI is InChI=1S/C17H27N/c18-13-17(14-7-1-2-8-14,15-9-3-4-10-15)16-11-5-6-12-16/h14-16H,1-12H2. The lowest BCUT2D eigenvalue weighted by molar-refractivity contribution is 0.0675. The highest BCUT2D eigenvalue weighted by Crippen LogP contribution is 2.57. The van der Waals surface area contributed by atoms with Gasteiger partial charge in [0.1, 0.15) is 0 Å². The summed E-state index contributed by atoms with van der Waals surface area (Å²) in [5, 5.41) is 10.1. The van der Waals surface area contributed by atoms with Gasteiger partial charge in [0.15, 0.2) is 0 Å². The minimum atomic E-state index is 0.0868. The van der Waals surface area contributed by atoms with Crippen LogP contribution in [0.2, 0.25) is 0 Å². The number of nitriles is 1. The first-order valence-corrected chi connectivity index (χ1v) is 8.29. The van der Waals surface area contributed by atoms with Crippen LogP contribution in [0.15, 0.2) is 0 Å². The Labute approximate surface area is 112 Å². The van der Waals surface area contributed by atoms with Crippen molar-refractivity contribution in [3.8, 4) is 6.07 Å². The van der Waals surface area contributed by atoms with E-state index in [1.807, 2.05) is 0 Å². The Kier molecular flexibility index (Phi) is 3.64. The average Bonchev–Trinajstić information content (AvgIpc) is 3.16. The molecule has 100 valence electrons. The smallest absolute Gasteiger partial charge is 0.0698 e. The lowest BCUT2D eigenvalue weighted by Crippen LogP contribution is -2.41. The summed E-state index contributed by atoms with van der Waals surface area (Å²) in [6.07, 6.45) is 16.4. The number of rotatable bonds is 3. The fraction of sp³-hybridized carbons (Fsp3) is 0.941. The van der Waals surface area contributed by atoms with Crippen molar-refractivity contribution in [2.24, 2.45) is 23.2 Å². The van der Waals surface area contributed by atoms with Crippen LogP contribution in [-0.4, -0.2) is 0 Å². The maximum absolute atomic E-state index is 10.1. The molecule has 0 aromatic carbocycles. The van der Waals surface area contributed by atoms with Crippen molar-refractivity contribution >= 4 is 0 Å². The molecule has 0 N–H and O–H groups in total. The van der Waals surface area contributed by atoms with E-state index in [0.29, 0.717) is 0 Å². The first-order chi connectivity index (χ1) is 8.88. The van der Waals surface area contributed by atoms with Gasteiger partial charge < -0.3 is 0 Å². The van der Waals surface area contributed by atoms with Gasteiger partial charge in [0.2, 0.25) is 0 Å². The van der Waals surface area contributed by atoms with Gasteiger partial charge in [-0.15, -0.1) is 0 Å². The van der Waals surface area contributed by atoms with E-state index in [1.165, 1.54) is 77.0 Å².